The molecule has 15 heavy (non-hydrogen) atoms. The van der Waals surface area contributed by atoms with E-state index in [-0.39, 0.29) is 17.9 Å². The summed E-state index contributed by atoms with van der Waals surface area (Å²) in [6, 6.07) is -0.206. The zero-order valence-electron chi connectivity index (χ0n) is 9.75. The van der Waals surface area contributed by atoms with Gasteiger partial charge in [0.05, 0.1) is 6.04 Å². The van der Waals surface area contributed by atoms with Gasteiger partial charge in [-0.3, -0.25) is 14.5 Å². The minimum Gasteiger partial charge on any atom is -0.368 e. The highest BCUT2D eigenvalue weighted by atomic mass is 16.2. The van der Waals surface area contributed by atoms with Crippen molar-refractivity contribution in [3.63, 3.8) is 0 Å². The summed E-state index contributed by atoms with van der Waals surface area (Å²) in [5.74, 6) is -0.311. The molecule has 0 rings (SSSR count). The van der Waals surface area contributed by atoms with Crippen LogP contribution in [0.4, 0.5) is 0 Å². The predicted molar refractivity (Wildman–Crippen MR) is 59.2 cm³/mol. The van der Waals surface area contributed by atoms with Crippen LogP contribution in [-0.2, 0) is 9.59 Å². The summed E-state index contributed by atoms with van der Waals surface area (Å²) < 4.78 is 0. The maximum Gasteiger partial charge on any atom is 0.234 e. The number of nitrogens with zero attached hydrogens (tertiary/aromatic N) is 1. The lowest BCUT2D eigenvalue weighted by atomic mass is 10.1. The molecule has 0 aromatic rings. The number of hydrogen-bond acceptors (Lipinski definition) is 3. The van der Waals surface area contributed by atoms with E-state index in [0.717, 1.165) is 19.3 Å². The number of unbranched alkanes of at least 4 members (excludes halogenated alkanes) is 1. The largest absolute Gasteiger partial charge is 0.368 e. The standard InChI is InChI=1S/C10H21N3O2/c1-8(14)12-7-5-4-6-9(10(11)15)13(2)3/h9H,4-7H2,1-3H3,(H2,11,15)(H,12,14)/i1+1,8+1,13+1. The first kappa shape index (κ1) is 13.9. The number of carbonyl (C=O) groups excluding carboxylic acids is 2. The second kappa shape index (κ2) is 7.23. The third kappa shape index (κ3) is 6.90. The van der Waals surface area contributed by atoms with Gasteiger partial charge in [0.1, 0.15) is 0 Å². The summed E-state index contributed by atoms with van der Waals surface area (Å²) in [7, 11) is 3.67. The van der Waals surface area contributed by atoms with Gasteiger partial charge in [-0.05, 0) is 33.4 Å². The van der Waals surface area contributed by atoms with Crippen molar-refractivity contribution in [1.82, 2.24) is 10.2 Å². The van der Waals surface area contributed by atoms with E-state index in [0.29, 0.717) is 6.54 Å². The van der Waals surface area contributed by atoms with E-state index in [1.54, 1.807) is 0 Å². The van der Waals surface area contributed by atoms with Crippen molar-refractivity contribution >= 4 is 11.8 Å². The van der Waals surface area contributed by atoms with Gasteiger partial charge in [0, 0.05) is 13.5 Å². The molecule has 88 valence electrons. The summed E-state index contributed by atoms with van der Waals surface area (Å²) in [6.07, 6.45) is 2.49. The first-order valence-corrected chi connectivity index (χ1v) is 5.15. The fraction of sp³-hybridized carbons (Fsp3) is 0.800. The normalized spacial score (nSPS) is 12.5. The maximum absolute atomic E-state index is 11.0. The Morgan fingerprint density at radius 3 is 2.33 bits per heavy atom. The van der Waals surface area contributed by atoms with E-state index in [4.69, 9.17) is 5.73 Å². The van der Waals surface area contributed by atoms with E-state index in [2.05, 4.69) is 5.32 Å². The molecule has 0 aliphatic rings. The number of likely N-dealkylation sites (N-methyl/N-ethyl adjacent to an activating group) is 1. The molecule has 5 nitrogen and oxygen atoms in total. The van der Waals surface area contributed by atoms with Crippen LogP contribution in [0.25, 0.3) is 0 Å². The van der Waals surface area contributed by atoms with Gasteiger partial charge in [0.15, 0.2) is 0 Å². The van der Waals surface area contributed by atoms with Crippen LogP contribution < -0.4 is 11.1 Å². The van der Waals surface area contributed by atoms with E-state index >= 15 is 0 Å². The van der Waals surface area contributed by atoms with E-state index < -0.39 is 0 Å². The summed E-state index contributed by atoms with van der Waals surface area (Å²) >= 11 is 0. The molecule has 0 saturated heterocycles. The average molecular weight is 218 g/mol. The van der Waals surface area contributed by atoms with Crippen LogP contribution in [0, 0.1) is 0 Å². The monoisotopic (exact) mass is 218 g/mol. The first-order chi connectivity index (χ1) is 6.95. The molecule has 0 bridgehead atoms. The van der Waals surface area contributed by atoms with Crippen LogP contribution in [0.15, 0.2) is 0 Å². The van der Waals surface area contributed by atoms with E-state index in [9.17, 15) is 9.59 Å². The SMILES string of the molecule is C[15N](C)C(CCCCN[13C]([13CH3])=O)C(N)=O. The van der Waals surface area contributed by atoms with Gasteiger partial charge in [0.2, 0.25) is 11.8 Å². The minimum absolute atomic E-state index is 0.0194. The van der Waals surface area contributed by atoms with Crippen molar-refractivity contribution in [3.8, 4) is 0 Å². The summed E-state index contributed by atoms with van der Waals surface area (Å²) in [5.41, 5.74) is 5.25. The molecule has 0 radical (unpaired) electrons. The van der Waals surface area contributed by atoms with Crippen LogP contribution in [0.3, 0.4) is 0 Å². The highest BCUT2D eigenvalue weighted by Crippen LogP contribution is 2.04. The molecule has 0 heterocycles. The molecule has 0 saturated carbocycles. The molecule has 0 aliphatic heterocycles. The van der Waals surface area contributed by atoms with Crippen molar-refractivity contribution in [3.05, 3.63) is 0 Å². The van der Waals surface area contributed by atoms with Crippen molar-refractivity contribution in [2.45, 2.75) is 32.2 Å². The summed E-state index contributed by atoms with van der Waals surface area (Å²) in [6.45, 7) is 2.15. The Hall–Kier alpha value is -1.10. The second-order valence-corrected chi connectivity index (χ2v) is 3.86. The lowest BCUT2D eigenvalue weighted by molar-refractivity contribution is -0.122. The predicted octanol–water partition coefficient (Wildman–Crippen LogP) is -0.292. The zero-order chi connectivity index (χ0) is 11.8. The number of amides is 2. The molecular weight excluding hydrogens is 197 g/mol. The molecule has 0 aromatic heterocycles. The fourth-order valence-electron chi connectivity index (χ4n) is 1.38. The van der Waals surface area contributed by atoms with Crippen LogP contribution in [0.1, 0.15) is 26.2 Å². The number of nitrogens with one attached hydrogen (secondary N) is 1. The highest BCUT2D eigenvalue weighted by molar-refractivity contribution is 5.79. The minimum atomic E-state index is -0.292. The van der Waals surface area contributed by atoms with Crippen molar-refractivity contribution in [2.24, 2.45) is 5.73 Å². The number of primary amides is 1. The van der Waals surface area contributed by atoms with Crippen LogP contribution in [-0.4, -0.2) is 43.4 Å². The van der Waals surface area contributed by atoms with Gasteiger partial charge in [0.25, 0.3) is 0 Å². The van der Waals surface area contributed by atoms with Crippen LogP contribution >= 0.6 is 0 Å². The van der Waals surface area contributed by atoms with Gasteiger partial charge in [-0.1, -0.05) is 0 Å². The quantitative estimate of drug-likeness (QED) is 0.350. The van der Waals surface area contributed by atoms with Crippen LogP contribution in [0.2, 0.25) is 0 Å². The highest BCUT2D eigenvalue weighted by Gasteiger charge is 2.16. The lowest BCUT2D eigenvalue weighted by Gasteiger charge is -2.20. The molecule has 3 N–H and O–H groups in total. The van der Waals surface area contributed by atoms with Gasteiger partial charge < -0.3 is 11.1 Å². The Kier molecular flexibility index (Phi) is 6.70. The molecule has 0 fully saturated rings. The topological polar surface area (TPSA) is 75.4 Å². The average Bonchev–Trinajstić information content (AvgIpc) is 2.08. The van der Waals surface area contributed by atoms with Crippen molar-refractivity contribution in [1.29, 1.82) is 0 Å². The molecule has 1 atom stereocenters. The maximum atomic E-state index is 11.0. The second-order valence-electron chi connectivity index (χ2n) is 3.86. The van der Waals surface area contributed by atoms with Gasteiger partial charge in [-0.2, -0.15) is 0 Å². The number of nitrogens with two attached hydrogens (primary N) is 1. The molecule has 0 spiro atoms. The first-order valence-electron chi connectivity index (χ1n) is 5.15. The third-order valence-corrected chi connectivity index (χ3v) is 2.23. The van der Waals surface area contributed by atoms with Crippen LogP contribution in [0.5, 0.6) is 0 Å². The van der Waals surface area contributed by atoms with E-state index in [1.165, 1.54) is 6.92 Å². The number of rotatable bonds is 7. The number of carbonyl (C=O) groups is 2. The van der Waals surface area contributed by atoms with Crippen molar-refractivity contribution < 1.29 is 9.59 Å². The third-order valence-electron chi connectivity index (χ3n) is 2.23. The Bertz CT molecular complexity index is 217. The Labute approximate surface area is 91.0 Å². The molecular formula is C10H21N3O2. The molecule has 1 unspecified atom stereocenters. The van der Waals surface area contributed by atoms with Gasteiger partial charge >= 0.3 is 0 Å². The Morgan fingerprint density at radius 2 is 1.93 bits per heavy atom. The fourth-order valence-corrected chi connectivity index (χ4v) is 1.38. The smallest absolute Gasteiger partial charge is 0.234 e. The van der Waals surface area contributed by atoms with Gasteiger partial charge in [-0.15, -0.1) is 0 Å². The molecule has 2 amide bonds. The van der Waals surface area contributed by atoms with Crippen molar-refractivity contribution in [2.75, 3.05) is 20.6 Å². The molecule has 0 aliphatic carbocycles. The summed E-state index contributed by atoms with van der Waals surface area (Å²) in [5, 5.41) is 2.71. The zero-order valence-corrected chi connectivity index (χ0v) is 9.75. The summed E-state index contributed by atoms with van der Waals surface area (Å²) in [4.78, 5) is 23.4. The Balaban J connectivity index is 3.63. The molecule has 5 heteroatoms. The Morgan fingerprint density at radius 1 is 1.33 bits per heavy atom. The van der Waals surface area contributed by atoms with E-state index in [1.807, 2.05) is 19.0 Å². The van der Waals surface area contributed by atoms with Gasteiger partial charge in [-0.25, -0.2) is 0 Å². The molecule has 0 aromatic carbocycles. The number of hydrogen-bond donors (Lipinski definition) is 2. The lowest BCUT2D eigenvalue weighted by Crippen LogP contribution is -2.40.